The van der Waals surface area contributed by atoms with Crippen LogP contribution in [0.4, 0.5) is 0 Å². The van der Waals surface area contributed by atoms with E-state index in [0.29, 0.717) is 16.1 Å². The zero-order valence-corrected chi connectivity index (χ0v) is 8.35. The van der Waals surface area contributed by atoms with Crippen molar-refractivity contribution in [2.75, 3.05) is 0 Å². The number of pyridine rings is 1. The van der Waals surface area contributed by atoms with Gasteiger partial charge >= 0.3 is 0 Å². The standard InChI is InChI=1S/C7H9ClN4S/c8-6-3-5(1-2-11-6)4-13-7(9)12-10/h1-3H,4,10H2,(H2,9,12). The first kappa shape index (κ1) is 10.1. The van der Waals surface area contributed by atoms with Crippen LogP contribution < -0.4 is 11.6 Å². The highest BCUT2D eigenvalue weighted by atomic mass is 35.5. The Morgan fingerprint density at radius 1 is 1.69 bits per heavy atom. The molecule has 0 unspecified atom stereocenters. The second-order valence-electron chi connectivity index (χ2n) is 2.24. The topological polar surface area (TPSA) is 77.3 Å². The van der Waals surface area contributed by atoms with Crippen LogP contribution in [0.5, 0.6) is 0 Å². The third-order valence-electron chi connectivity index (χ3n) is 1.30. The van der Waals surface area contributed by atoms with Gasteiger partial charge in [-0.3, -0.25) is 0 Å². The highest BCUT2D eigenvalue weighted by Crippen LogP contribution is 2.14. The number of thioether (sulfide) groups is 1. The van der Waals surface area contributed by atoms with Crippen LogP contribution in [-0.2, 0) is 5.75 Å². The summed E-state index contributed by atoms with van der Waals surface area (Å²) in [5.41, 5.74) is 6.44. The van der Waals surface area contributed by atoms with E-state index in [1.54, 1.807) is 12.3 Å². The SMILES string of the molecule is NN=C(N)SCc1ccnc(Cl)c1. The molecule has 0 aliphatic heterocycles. The molecule has 0 aliphatic carbocycles. The third kappa shape index (κ3) is 3.52. The number of hydrogen-bond acceptors (Lipinski definition) is 4. The zero-order valence-electron chi connectivity index (χ0n) is 6.77. The fourth-order valence-corrected chi connectivity index (χ4v) is 1.49. The van der Waals surface area contributed by atoms with Gasteiger partial charge in [0.25, 0.3) is 0 Å². The normalized spacial score (nSPS) is 11.6. The van der Waals surface area contributed by atoms with Gasteiger partial charge in [0.1, 0.15) is 5.15 Å². The molecule has 1 rings (SSSR count). The van der Waals surface area contributed by atoms with Crippen molar-refractivity contribution in [1.29, 1.82) is 0 Å². The smallest absolute Gasteiger partial charge is 0.177 e. The van der Waals surface area contributed by atoms with Gasteiger partial charge in [0.2, 0.25) is 0 Å². The summed E-state index contributed by atoms with van der Waals surface area (Å²) in [5.74, 6) is 5.66. The summed E-state index contributed by atoms with van der Waals surface area (Å²) in [6.45, 7) is 0. The number of rotatable bonds is 2. The van der Waals surface area contributed by atoms with Gasteiger partial charge in [-0.05, 0) is 17.7 Å². The molecule has 0 spiro atoms. The largest absolute Gasteiger partial charge is 0.377 e. The molecule has 0 saturated carbocycles. The van der Waals surface area contributed by atoms with Crippen molar-refractivity contribution in [1.82, 2.24) is 4.98 Å². The van der Waals surface area contributed by atoms with Crippen molar-refractivity contribution >= 4 is 28.5 Å². The Morgan fingerprint density at radius 2 is 2.46 bits per heavy atom. The van der Waals surface area contributed by atoms with Crippen LogP contribution >= 0.6 is 23.4 Å². The highest BCUT2D eigenvalue weighted by molar-refractivity contribution is 8.13. The second kappa shape index (κ2) is 4.94. The Kier molecular flexibility index (Phi) is 3.85. The molecule has 0 atom stereocenters. The van der Waals surface area contributed by atoms with E-state index in [1.807, 2.05) is 6.07 Å². The van der Waals surface area contributed by atoms with Crippen molar-refractivity contribution in [2.45, 2.75) is 5.75 Å². The number of amidine groups is 1. The Bertz CT molecular complexity index is 315. The van der Waals surface area contributed by atoms with E-state index in [-0.39, 0.29) is 0 Å². The molecule has 1 aromatic heterocycles. The predicted molar refractivity (Wildman–Crippen MR) is 56.4 cm³/mol. The molecule has 4 N–H and O–H groups in total. The van der Waals surface area contributed by atoms with Gasteiger partial charge in [0.05, 0.1) is 0 Å². The predicted octanol–water partition coefficient (Wildman–Crippen LogP) is 1.16. The number of aromatic nitrogens is 1. The van der Waals surface area contributed by atoms with E-state index < -0.39 is 0 Å². The van der Waals surface area contributed by atoms with Crippen molar-refractivity contribution in [3.63, 3.8) is 0 Å². The molecule has 0 aliphatic rings. The first-order valence-corrected chi connectivity index (χ1v) is 4.85. The maximum absolute atomic E-state index is 5.69. The molecule has 70 valence electrons. The van der Waals surface area contributed by atoms with Gasteiger partial charge in [-0.15, -0.1) is 0 Å². The summed E-state index contributed by atoms with van der Waals surface area (Å²) >= 11 is 7.04. The first-order valence-electron chi connectivity index (χ1n) is 3.49. The first-order chi connectivity index (χ1) is 6.22. The molecular formula is C7H9ClN4S. The Labute approximate surface area is 85.4 Å². The van der Waals surface area contributed by atoms with Crippen molar-refractivity contribution in [3.8, 4) is 0 Å². The zero-order chi connectivity index (χ0) is 9.68. The molecule has 0 fully saturated rings. The van der Waals surface area contributed by atoms with E-state index in [1.165, 1.54) is 11.8 Å². The number of nitrogens with zero attached hydrogens (tertiary/aromatic N) is 2. The van der Waals surface area contributed by atoms with Crippen LogP contribution in [0.1, 0.15) is 5.56 Å². The average Bonchev–Trinajstić information content (AvgIpc) is 2.14. The van der Waals surface area contributed by atoms with Crippen LogP contribution in [0.3, 0.4) is 0 Å². The van der Waals surface area contributed by atoms with E-state index in [9.17, 15) is 0 Å². The monoisotopic (exact) mass is 216 g/mol. The minimum Gasteiger partial charge on any atom is -0.377 e. The van der Waals surface area contributed by atoms with Gasteiger partial charge < -0.3 is 11.6 Å². The maximum atomic E-state index is 5.69. The van der Waals surface area contributed by atoms with Crippen molar-refractivity contribution in [3.05, 3.63) is 29.0 Å². The summed E-state index contributed by atoms with van der Waals surface area (Å²) in [4.78, 5) is 3.86. The number of nitrogens with two attached hydrogens (primary N) is 2. The quantitative estimate of drug-likeness (QED) is 0.256. The molecular weight excluding hydrogens is 208 g/mol. The molecule has 0 bridgehead atoms. The van der Waals surface area contributed by atoms with Gasteiger partial charge in [0, 0.05) is 11.9 Å². The lowest BCUT2D eigenvalue weighted by molar-refractivity contribution is 1.25. The fraction of sp³-hybridized carbons (Fsp3) is 0.143. The van der Waals surface area contributed by atoms with Gasteiger partial charge in [-0.1, -0.05) is 23.4 Å². The summed E-state index contributed by atoms with van der Waals surface area (Å²) in [5, 5.41) is 4.16. The maximum Gasteiger partial charge on any atom is 0.177 e. The summed E-state index contributed by atoms with van der Waals surface area (Å²) in [7, 11) is 0. The lowest BCUT2D eigenvalue weighted by Crippen LogP contribution is -2.09. The van der Waals surface area contributed by atoms with Crippen LogP contribution in [0.25, 0.3) is 0 Å². The summed E-state index contributed by atoms with van der Waals surface area (Å²) < 4.78 is 0. The van der Waals surface area contributed by atoms with E-state index in [4.69, 9.17) is 23.2 Å². The van der Waals surface area contributed by atoms with Gasteiger partial charge in [-0.2, -0.15) is 5.10 Å². The lowest BCUT2D eigenvalue weighted by Gasteiger charge is -1.99. The van der Waals surface area contributed by atoms with E-state index in [0.717, 1.165) is 5.56 Å². The molecule has 0 aromatic carbocycles. The second-order valence-corrected chi connectivity index (χ2v) is 3.63. The average molecular weight is 217 g/mol. The van der Waals surface area contributed by atoms with Crippen LogP contribution in [0.15, 0.2) is 23.4 Å². The summed E-state index contributed by atoms with van der Waals surface area (Å²) in [6.07, 6.45) is 1.65. The van der Waals surface area contributed by atoms with Gasteiger partial charge in [-0.25, -0.2) is 4.98 Å². The van der Waals surface area contributed by atoms with Crippen LogP contribution in [0, 0.1) is 0 Å². The highest BCUT2D eigenvalue weighted by Gasteiger charge is 1.97. The van der Waals surface area contributed by atoms with Crippen LogP contribution in [0.2, 0.25) is 5.15 Å². The Balaban J connectivity index is 2.55. The van der Waals surface area contributed by atoms with E-state index in [2.05, 4.69) is 10.1 Å². The van der Waals surface area contributed by atoms with Crippen molar-refractivity contribution < 1.29 is 0 Å². The minimum absolute atomic E-state index is 0.355. The molecule has 0 amide bonds. The molecule has 13 heavy (non-hydrogen) atoms. The Hall–Kier alpha value is -0.940. The minimum atomic E-state index is 0.355. The molecule has 4 nitrogen and oxygen atoms in total. The van der Waals surface area contributed by atoms with Crippen LogP contribution in [-0.4, -0.2) is 10.2 Å². The molecule has 0 radical (unpaired) electrons. The number of hydrazone groups is 1. The Morgan fingerprint density at radius 3 is 3.08 bits per heavy atom. The molecule has 6 heteroatoms. The van der Waals surface area contributed by atoms with E-state index >= 15 is 0 Å². The third-order valence-corrected chi connectivity index (χ3v) is 2.39. The summed E-state index contributed by atoms with van der Waals surface area (Å²) in [6, 6.07) is 3.64. The van der Waals surface area contributed by atoms with Crippen molar-refractivity contribution in [2.24, 2.45) is 16.7 Å². The van der Waals surface area contributed by atoms with Gasteiger partial charge in [0.15, 0.2) is 5.17 Å². The fourth-order valence-electron chi connectivity index (χ4n) is 0.727. The lowest BCUT2D eigenvalue weighted by atomic mass is 10.3. The molecule has 1 heterocycles. The number of hydrogen-bond donors (Lipinski definition) is 2. The molecule has 0 saturated heterocycles. The number of halogens is 1. The molecule has 1 aromatic rings.